The first-order valence-corrected chi connectivity index (χ1v) is 8.48. The number of hydrogen-bond acceptors (Lipinski definition) is 4. The summed E-state index contributed by atoms with van der Waals surface area (Å²) in [7, 11) is 1.45. The molecule has 1 aromatic carbocycles. The Morgan fingerprint density at radius 2 is 2.25 bits per heavy atom. The monoisotopic (exact) mass is 357 g/mol. The molecule has 0 unspecified atom stereocenters. The maximum atomic E-state index is 11.4. The van der Waals surface area contributed by atoms with Gasteiger partial charge in [0.2, 0.25) is 0 Å². The van der Waals surface area contributed by atoms with Crippen molar-refractivity contribution in [3.05, 3.63) is 28.2 Å². The molecule has 2 N–H and O–H groups in total. The molecule has 1 saturated carbocycles. The second kappa shape index (κ2) is 6.50. The van der Waals surface area contributed by atoms with Crippen LogP contribution in [0.2, 0.25) is 0 Å². The highest BCUT2D eigenvalue weighted by atomic mass is 79.9. The lowest BCUT2D eigenvalue weighted by Crippen LogP contribution is -2.13. The number of hydrogen-bond donors (Lipinski definition) is 1. The molecule has 0 spiro atoms. The zero-order valence-electron chi connectivity index (χ0n) is 11.8. The van der Waals surface area contributed by atoms with Crippen molar-refractivity contribution in [2.45, 2.75) is 37.1 Å². The van der Waals surface area contributed by atoms with Crippen LogP contribution in [0.5, 0.6) is 0 Å². The number of nitrogens with two attached hydrogens (primary N) is 1. The number of esters is 1. The third kappa shape index (κ3) is 3.99. The second-order valence-corrected chi connectivity index (χ2v) is 7.42. The Kier molecular flexibility index (Phi) is 5.15. The van der Waals surface area contributed by atoms with Gasteiger partial charge < -0.3 is 10.5 Å². The fourth-order valence-corrected chi connectivity index (χ4v) is 4.25. The minimum absolute atomic E-state index is 0.0255. The van der Waals surface area contributed by atoms with Crippen LogP contribution < -0.4 is 5.73 Å². The molecular weight excluding hydrogens is 338 g/mol. The quantitative estimate of drug-likeness (QED) is 0.619. The summed E-state index contributed by atoms with van der Waals surface area (Å²) in [6.45, 7) is 1.97. The number of methoxy groups -OCH3 is 1. The SMILES string of the molecule is COC(=O)CC1(CSc2ccc([C@H](C)N)c(Br)c2)CC1. The summed E-state index contributed by atoms with van der Waals surface area (Å²) in [6.07, 6.45) is 2.78. The van der Waals surface area contributed by atoms with Crippen molar-refractivity contribution in [3.8, 4) is 0 Å². The summed E-state index contributed by atoms with van der Waals surface area (Å²) >= 11 is 5.37. The van der Waals surface area contributed by atoms with Crippen molar-refractivity contribution in [3.63, 3.8) is 0 Å². The van der Waals surface area contributed by atoms with E-state index < -0.39 is 0 Å². The highest BCUT2D eigenvalue weighted by Gasteiger charge is 2.44. The minimum Gasteiger partial charge on any atom is -0.469 e. The summed E-state index contributed by atoms with van der Waals surface area (Å²) in [5.74, 6) is 0.864. The van der Waals surface area contributed by atoms with E-state index in [1.807, 2.05) is 6.92 Å². The lowest BCUT2D eigenvalue weighted by molar-refractivity contribution is -0.141. The Balaban J connectivity index is 1.94. The minimum atomic E-state index is -0.100. The lowest BCUT2D eigenvalue weighted by atomic mass is 10.1. The van der Waals surface area contributed by atoms with Crippen molar-refractivity contribution in [2.24, 2.45) is 11.1 Å². The topological polar surface area (TPSA) is 52.3 Å². The Morgan fingerprint density at radius 1 is 1.55 bits per heavy atom. The van der Waals surface area contributed by atoms with E-state index in [1.54, 1.807) is 11.8 Å². The molecule has 0 saturated heterocycles. The van der Waals surface area contributed by atoms with E-state index in [0.717, 1.165) is 28.6 Å². The molecule has 1 atom stereocenters. The Morgan fingerprint density at radius 3 is 2.75 bits per heavy atom. The first kappa shape index (κ1) is 15.9. The smallest absolute Gasteiger partial charge is 0.306 e. The zero-order chi connectivity index (χ0) is 14.8. The van der Waals surface area contributed by atoms with Crippen LogP contribution in [0.1, 0.15) is 37.8 Å². The third-order valence-electron chi connectivity index (χ3n) is 3.71. The van der Waals surface area contributed by atoms with E-state index in [0.29, 0.717) is 6.42 Å². The maximum Gasteiger partial charge on any atom is 0.306 e. The number of ether oxygens (including phenoxy) is 1. The number of carbonyl (C=O) groups is 1. The standard InChI is InChI=1S/C15H20BrNO2S/c1-10(17)12-4-3-11(7-13(12)16)20-9-15(5-6-15)8-14(18)19-2/h3-4,7,10H,5-6,8-9,17H2,1-2H3/t10-/m0/s1. The van der Waals surface area contributed by atoms with Gasteiger partial charge in [0.05, 0.1) is 13.5 Å². The fraction of sp³-hybridized carbons (Fsp3) is 0.533. The Bertz CT molecular complexity index is 501. The van der Waals surface area contributed by atoms with Crippen molar-refractivity contribution < 1.29 is 9.53 Å². The van der Waals surface area contributed by atoms with Crippen LogP contribution in [-0.2, 0) is 9.53 Å². The average molecular weight is 358 g/mol. The van der Waals surface area contributed by atoms with Gasteiger partial charge in [0.15, 0.2) is 0 Å². The zero-order valence-corrected chi connectivity index (χ0v) is 14.2. The van der Waals surface area contributed by atoms with E-state index in [-0.39, 0.29) is 17.4 Å². The maximum absolute atomic E-state index is 11.4. The van der Waals surface area contributed by atoms with Gasteiger partial charge in [0, 0.05) is 21.2 Å². The molecular formula is C15H20BrNO2S. The molecule has 1 aliphatic carbocycles. The number of benzene rings is 1. The number of halogens is 1. The number of rotatable bonds is 6. The van der Waals surface area contributed by atoms with Gasteiger partial charge in [-0.05, 0) is 42.9 Å². The predicted octanol–water partition coefficient (Wildman–Crippen LogP) is 3.90. The van der Waals surface area contributed by atoms with Crippen LogP contribution in [0.15, 0.2) is 27.6 Å². The van der Waals surface area contributed by atoms with E-state index in [4.69, 9.17) is 10.5 Å². The van der Waals surface area contributed by atoms with Crippen LogP contribution in [0.3, 0.4) is 0 Å². The normalized spacial score (nSPS) is 17.6. The molecule has 1 aromatic rings. The van der Waals surface area contributed by atoms with Gasteiger partial charge >= 0.3 is 5.97 Å². The van der Waals surface area contributed by atoms with E-state index in [2.05, 4.69) is 34.1 Å². The molecule has 5 heteroatoms. The first-order valence-electron chi connectivity index (χ1n) is 6.70. The van der Waals surface area contributed by atoms with Gasteiger partial charge in [-0.3, -0.25) is 4.79 Å². The molecule has 0 aliphatic heterocycles. The van der Waals surface area contributed by atoms with Gasteiger partial charge in [-0.15, -0.1) is 11.8 Å². The van der Waals surface area contributed by atoms with Crippen molar-refractivity contribution in [1.29, 1.82) is 0 Å². The van der Waals surface area contributed by atoms with Crippen LogP contribution in [0.25, 0.3) is 0 Å². The van der Waals surface area contributed by atoms with Gasteiger partial charge in [0.1, 0.15) is 0 Å². The highest BCUT2D eigenvalue weighted by molar-refractivity contribution is 9.10. The van der Waals surface area contributed by atoms with Gasteiger partial charge in [-0.25, -0.2) is 0 Å². The third-order valence-corrected chi connectivity index (χ3v) is 5.74. The fourth-order valence-electron chi connectivity index (χ4n) is 2.13. The summed E-state index contributed by atoms with van der Waals surface area (Å²) in [5, 5.41) is 0. The number of carbonyl (C=O) groups excluding carboxylic acids is 1. The van der Waals surface area contributed by atoms with E-state index >= 15 is 0 Å². The lowest BCUT2D eigenvalue weighted by Gasteiger charge is -2.14. The van der Waals surface area contributed by atoms with Crippen LogP contribution in [0.4, 0.5) is 0 Å². The summed E-state index contributed by atoms with van der Waals surface area (Å²) in [6, 6.07) is 6.30. The van der Waals surface area contributed by atoms with Crippen LogP contribution in [0, 0.1) is 5.41 Å². The molecule has 1 fully saturated rings. The predicted molar refractivity (Wildman–Crippen MR) is 85.8 cm³/mol. The van der Waals surface area contributed by atoms with Crippen molar-refractivity contribution in [2.75, 3.05) is 12.9 Å². The van der Waals surface area contributed by atoms with Crippen molar-refractivity contribution in [1.82, 2.24) is 0 Å². The first-order chi connectivity index (χ1) is 9.46. The molecule has 2 rings (SSSR count). The largest absolute Gasteiger partial charge is 0.469 e. The summed E-state index contributed by atoms with van der Waals surface area (Å²) in [5.41, 5.74) is 7.17. The van der Waals surface area contributed by atoms with E-state index in [9.17, 15) is 4.79 Å². The molecule has 110 valence electrons. The molecule has 0 bridgehead atoms. The van der Waals surface area contributed by atoms with Gasteiger partial charge in [0.25, 0.3) is 0 Å². The summed E-state index contributed by atoms with van der Waals surface area (Å²) < 4.78 is 5.82. The second-order valence-electron chi connectivity index (χ2n) is 5.51. The number of thioether (sulfide) groups is 1. The summed E-state index contributed by atoms with van der Waals surface area (Å²) in [4.78, 5) is 12.6. The Hall–Kier alpha value is -0.520. The highest BCUT2D eigenvalue weighted by Crippen LogP contribution is 2.52. The van der Waals surface area contributed by atoms with Crippen LogP contribution in [-0.4, -0.2) is 18.8 Å². The Labute approximate surface area is 132 Å². The molecule has 1 aliphatic rings. The molecule has 0 amide bonds. The molecule has 0 heterocycles. The van der Waals surface area contributed by atoms with E-state index in [1.165, 1.54) is 12.0 Å². The van der Waals surface area contributed by atoms with Crippen molar-refractivity contribution >= 4 is 33.7 Å². The van der Waals surface area contributed by atoms with Gasteiger partial charge in [-0.1, -0.05) is 22.0 Å². The van der Waals surface area contributed by atoms with Gasteiger partial charge in [-0.2, -0.15) is 0 Å². The van der Waals surface area contributed by atoms with Crippen LogP contribution >= 0.6 is 27.7 Å². The molecule has 0 radical (unpaired) electrons. The average Bonchev–Trinajstić information content (AvgIpc) is 3.16. The molecule has 0 aromatic heterocycles. The molecule has 20 heavy (non-hydrogen) atoms. The molecule has 3 nitrogen and oxygen atoms in total.